The summed E-state index contributed by atoms with van der Waals surface area (Å²) in [5.41, 5.74) is 1.22. The van der Waals surface area contributed by atoms with Crippen LogP contribution in [0.2, 0.25) is 0 Å². The van der Waals surface area contributed by atoms with E-state index in [1.807, 2.05) is 37.8 Å². The van der Waals surface area contributed by atoms with Gasteiger partial charge in [-0.15, -0.1) is 0 Å². The van der Waals surface area contributed by atoms with E-state index in [9.17, 15) is 0 Å². The molecule has 2 heteroatoms. The molecule has 1 aromatic rings. The third-order valence-electron chi connectivity index (χ3n) is 1.46. The van der Waals surface area contributed by atoms with Crippen molar-refractivity contribution in [3.8, 4) is 0 Å². The van der Waals surface area contributed by atoms with E-state index in [2.05, 4.69) is 24.2 Å². The van der Waals surface area contributed by atoms with Crippen molar-refractivity contribution in [3.05, 3.63) is 30.1 Å². The van der Waals surface area contributed by atoms with E-state index >= 15 is 0 Å². The number of aromatic nitrogens is 2. The summed E-state index contributed by atoms with van der Waals surface area (Å²) in [4.78, 5) is 0. The number of rotatable bonds is 3. The Hall–Kier alpha value is -1.05. The average Bonchev–Trinajstić information content (AvgIpc) is 2.56. The number of aryl methyl sites for hydroxylation is 1. The Morgan fingerprint density at radius 1 is 1.38 bits per heavy atom. The summed E-state index contributed by atoms with van der Waals surface area (Å²) < 4.78 is 1.93. The smallest absolute Gasteiger partial charge is 0.0590 e. The Kier molecular flexibility index (Phi) is 6.98. The van der Waals surface area contributed by atoms with Crippen LogP contribution >= 0.6 is 0 Å². The fraction of sp³-hybridized carbons (Fsp3) is 0.545. The van der Waals surface area contributed by atoms with E-state index in [0.717, 1.165) is 13.0 Å². The molecule has 0 bridgehead atoms. The summed E-state index contributed by atoms with van der Waals surface area (Å²) in [7, 11) is 0. The molecule has 0 radical (unpaired) electrons. The summed E-state index contributed by atoms with van der Waals surface area (Å²) in [6, 6.07) is 0. The van der Waals surface area contributed by atoms with Gasteiger partial charge in [0.1, 0.15) is 0 Å². The van der Waals surface area contributed by atoms with Crippen LogP contribution in [0.5, 0.6) is 0 Å². The molecule has 74 valence electrons. The maximum absolute atomic E-state index is 4.15. The third-order valence-corrected chi connectivity index (χ3v) is 1.46. The second-order valence-electron chi connectivity index (χ2n) is 2.62. The van der Waals surface area contributed by atoms with E-state index in [-0.39, 0.29) is 0 Å². The Labute approximate surface area is 81.3 Å². The van der Waals surface area contributed by atoms with Crippen molar-refractivity contribution in [1.82, 2.24) is 9.78 Å². The van der Waals surface area contributed by atoms with Gasteiger partial charge in [-0.1, -0.05) is 32.9 Å². The zero-order valence-electron chi connectivity index (χ0n) is 9.12. The van der Waals surface area contributed by atoms with Crippen molar-refractivity contribution in [2.75, 3.05) is 0 Å². The Morgan fingerprint density at radius 3 is 2.54 bits per heavy atom. The van der Waals surface area contributed by atoms with E-state index in [4.69, 9.17) is 0 Å². The van der Waals surface area contributed by atoms with Crippen molar-refractivity contribution in [2.45, 2.75) is 40.7 Å². The molecule has 0 N–H and O–H groups in total. The van der Waals surface area contributed by atoms with Gasteiger partial charge >= 0.3 is 0 Å². The van der Waals surface area contributed by atoms with Gasteiger partial charge in [0.05, 0.1) is 12.7 Å². The summed E-state index contributed by atoms with van der Waals surface area (Å²) in [5, 5.41) is 4.15. The zero-order chi connectivity index (χ0) is 10.1. The van der Waals surface area contributed by atoms with Crippen LogP contribution in [-0.2, 0) is 6.54 Å². The fourth-order valence-electron chi connectivity index (χ4n) is 0.916. The molecule has 1 heterocycles. The van der Waals surface area contributed by atoms with Gasteiger partial charge in [0.25, 0.3) is 0 Å². The van der Waals surface area contributed by atoms with Crippen LogP contribution in [0.15, 0.2) is 24.5 Å². The first-order valence-corrected chi connectivity index (χ1v) is 4.97. The number of hydrogen-bond donors (Lipinski definition) is 0. The first-order chi connectivity index (χ1) is 6.33. The van der Waals surface area contributed by atoms with Crippen LogP contribution in [-0.4, -0.2) is 9.78 Å². The maximum atomic E-state index is 4.15. The van der Waals surface area contributed by atoms with Crippen molar-refractivity contribution < 1.29 is 0 Å². The fourth-order valence-corrected chi connectivity index (χ4v) is 0.916. The first-order valence-electron chi connectivity index (χ1n) is 4.97. The maximum Gasteiger partial charge on any atom is 0.0590 e. The largest absolute Gasteiger partial charge is 0.269 e. The summed E-state index contributed by atoms with van der Waals surface area (Å²) >= 11 is 0. The second kappa shape index (κ2) is 7.59. The molecule has 0 atom stereocenters. The Balaban J connectivity index is 0.000000671. The minimum atomic E-state index is 0.891. The average molecular weight is 180 g/mol. The van der Waals surface area contributed by atoms with Gasteiger partial charge in [0, 0.05) is 6.20 Å². The Morgan fingerprint density at radius 2 is 2.08 bits per heavy atom. The van der Waals surface area contributed by atoms with Crippen molar-refractivity contribution in [2.24, 2.45) is 0 Å². The monoisotopic (exact) mass is 180 g/mol. The van der Waals surface area contributed by atoms with Crippen LogP contribution in [0.25, 0.3) is 0 Å². The normalized spacial score (nSPS) is 9.85. The lowest BCUT2D eigenvalue weighted by Gasteiger charge is -1.92. The molecule has 0 saturated heterocycles. The molecule has 1 rings (SSSR count). The van der Waals surface area contributed by atoms with Gasteiger partial charge in [-0.05, 0) is 18.9 Å². The van der Waals surface area contributed by atoms with Gasteiger partial charge < -0.3 is 0 Å². The van der Waals surface area contributed by atoms with Gasteiger partial charge in [0.2, 0.25) is 0 Å². The third kappa shape index (κ3) is 5.23. The molecule has 0 aliphatic rings. The quantitative estimate of drug-likeness (QED) is 0.653. The summed E-state index contributed by atoms with van der Waals surface area (Å²) in [6.07, 6.45) is 9.30. The standard InChI is InChI=1S/C9H14N2.C2H6/c1-3-4-5-6-11-8-9(2)7-10-11;1-2/h4-5,7-8H,3,6H2,1-2H3;1-2H3/b5-4+;. The minimum Gasteiger partial charge on any atom is -0.269 e. The predicted molar refractivity (Wildman–Crippen MR) is 57.7 cm³/mol. The van der Waals surface area contributed by atoms with Crippen molar-refractivity contribution in [3.63, 3.8) is 0 Å². The molecule has 1 aromatic heterocycles. The molecule has 0 aliphatic heterocycles. The zero-order valence-corrected chi connectivity index (χ0v) is 9.12. The van der Waals surface area contributed by atoms with E-state index < -0.39 is 0 Å². The highest BCUT2D eigenvalue weighted by atomic mass is 15.3. The lowest BCUT2D eigenvalue weighted by Crippen LogP contribution is -1.93. The van der Waals surface area contributed by atoms with E-state index in [0.29, 0.717) is 0 Å². The van der Waals surface area contributed by atoms with Crippen molar-refractivity contribution >= 4 is 0 Å². The molecule has 0 saturated carbocycles. The molecular weight excluding hydrogens is 160 g/mol. The van der Waals surface area contributed by atoms with Crippen molar-refractivity contribution in [1.29, 1.82) is 0 Å². The summed E-state index contributed by atoms with van der Waals surface area (Å²) in [5.74, 6) is 0. The molecular formula is C11H20N2. The highest BCUT2D eigenvalue weighted by Gasteiger charge is 1.88. The highest BCUT2D eigenvalue weighted by Crippen LogP contribution is 1.94. The van der Waals surface area contributed by atoms with Gasteiger partial charge in [-0.2, -0.15) is 5.10 Å². The minimum absolute atomic E-state index is 0.891. The van der Waals surface area contributed by atoms with Gasteiger partial charge in [-0.3, -0.25) is 4.68 Å². The number of nitrogens with zero attached hydrogens (tertiary/aromatic N) is 2. The molecule has 13 heavy (non-hydrogen) atoms. The second-order valence-corrected chi connectivity index (χ2v) is 2.62. The molecule has 0 spiro atoms. The lowest BCUT2D eigenvalue weighted by atomic mass is 10.4. The van der Waals surface area contributed by atoms with Crippen LogP contribution in [0.3, 0.4) is 0 Å². The first kappa shape index (κ1) is 11.9. The van der Waals surface area contributed by atoms with E-state index in [1.54, 1.807) is 0 Å². The molecule has 0 unspecified atom stereocenters. The van der Waals surface area contributed by atoms with Crippen LogP contribution < -0.4 is 0 Å². The summed E-state index contributed by atoms with van der Waals surface area (Å²) in [6.45, 7) is 9.07. The molecule has 0 aromatic carbocycles. The number of allylic oxidation sites excluding steroid dienone is 2. The van der Waals surface area contributed by atoms with E-state index in [1.165, 1.54) is 5.56 Å². The highest BCUT2D eigenvalue weighted by molar-refractivity contribution is 5.00. The van der Waals surface area contributed by atoms with Crippen LogP contribution in [0, 0.1) is 6.92 Å². The molecule has 0 amide bonds. The number of hydrogen-bond acceptors (Lipinski definition) is 1. The Bertz CT molecular complexity index is 236. The van der Waals surface area contributed by atoms with Crippen LogP contribution in [0.1, 0.15) is 32.8 Å². The van der Waals surface area contributed by atoms with Gasteiger partial charge in [-0.25, -0.2) is 0 Å². The molecule has 0 fully saturated rings. The molecule has 2 nitrogen and oxygen atoms in total. The predicted octanol–water partition coefficient (Wildman–Crippen LogP) is 3.18. The topological polar surface area (TPSA) is 17.8 Å². The van der Waals surface area contributed by atoms with Crippen LogP contribution in [0.4, 0.5) is 0 Å². The lowest BCUT2D eigenvalue weighted by molar-refractivity contribution is 0.700. The molecule has 0 aliphatic carbocycles. The SMILES string of the molecule is CC.CC/C=C/Cn1cc(C)cn1. The van der Waals surface area contributed by atoms with Gasteiger partial charge in [0.15, 0.2) is 0 Å².